The van der Waals surface area contributed by atoms with Gasteiger partial charge in [-0.2, -0.15) is 0 Å². The molecule has 1 N–H and O–H groups in total. The van der Waals surface area contributed by atoms with Gasteiger partial charge in [-0.05, 0) is 44.4 Å². The van der Waals surface area contributed by atoms with Gasteiger partial charge in [-0.15, -0.1) is 23.7 Å². The zero-order valence-corrected chi connectivity index (χ0v) is 12.6. The van der Waals surface area contributed by atoms with Gasteiger partial charge in [-0.3, -0.25) is 4.79 Å². The van der Waals surface area contributed by atoms with E-state index in [1.165, 1.54) is 23.3 Å². The fraction of sp³-hybridized carbons (Fsp3) is 0.615. The van der Waals surface area contributed by atoms with Crippen LogP contribution in [0, 0.1) is 0 Å². The van der Waals surface area contributed by atoms with Gasteiger partial charge in [-0.1, -0.05) is 0 Å². The molecule has 0 aliphatic heterocycles. The number of halogens is 1. The van der Waals surface area contributed by atoms with E-state index in [2.05, 4.69) is 11.4 Å². The van der Waals surface area contributed by atoms with E-state index in [-0.39, 0.29) is 18.3 Å². The maximum absolute atomic E-state index is 12.2. The van der Waals surface area contributed by atoms with E-state index < -0.39 is 0 Å². The Morgan fingerprint density at radius 3 is 2.83 bits per heavy atom. The van der Waals surface area contributed by atoms with Crippen molar-refractivity contribution in [2.24, 2.45) is 0 Å². The lowest BCUT2D eigenvalue weighted by Gasteiger charge is -2.15. The Morgan fingerprint density at radius 1 is 1.44 bits per heavy atom. The van der Waals surface area contributed by atoms with Gasteiger partial charge in [0, 0.05) is 25.0 Å². The lowest BCUT2D eigenvalue weighted by Crippen LogP contribution is -2.32. The molecule has 0 saturated heterocycles. The topological polar surface area (TPSA) is 32.3 Å². The van der Waals surface area contributed by atoms with Gasteiger partial charge in [0.1, 0.15) is 0 Å². The lowest BCUT2D eigenvalue weighted by molar-refractivity contribution is 0.0801. The molecule has 1 heterocycles. The number of nitrogens with one attached hydrogen (secondary N) is 1. The summed E-state index contributed by atoms with van der Waals surface area (Å²) < 4.78 is 0. The predicted octanol–water partition coefficient (Wildman–Crippen LogP) is 2.34. The molecule has 2 rings (SSSR count). The molecule has 0 spiro atoms. The van der Waals surface area contributed by atoms with E-state index in [0.29, 0.717) is 0 Å². The number of aryl methyl sites for hydroxylation is 2. The number of thiophene rings is 1. The van der Waals surface area contributed by atoms with Crippen LogP contribution in [0.1, 0.15) is 33.0 Å². The quantitative estimate of drug-likeness (QED) is 0.922. The number of rotatable bonds is 4. The third-order valence-electron chi connectivity index (χ3n) is 3.25. The largest absolute Gasteiger partial charge is 0.340 e. The zero-order valence-electron chi connectivity index (χ0n) is 11.0. The highest BCUT2D eigenvalue weighted by Crippen LogP contribution is 2.30. The predicted molar refractivity (Wildman–Crippen MR) is 79.1 cm³/mol. The Labute approximate surface area is 119 Å². The molecule has 0 fully saturated rings. The summed E-state index contributed by atoms with van der Waals surface area (Å²) in [6.07, 6.45) is 4.86. The third kappa shape index (κ3) is 3.46. The molecule has 0 atom stereocenters. The van der Waals surface area contributed by atoms with Crippen LogP contribution in [0.3, 0.4) is 0 Å². The molecule has 0 radical (unpaired) electrons. The number of carbonyl (C=O) groups excluding carboxylic acids is 1. The minimum absolute atomic E-state index is 0. The normalized spacial score (nSPS) is 13.7. The molecule has 0 aromatic carbocycles. The standard InChI is InChI=1S/C13H20N2OS.ClH/c1-14-7-8-15(2)13(16)12-9-10-5-3-4-6-11(10)17-12;/h9,14H,3-8H2,1-2H3;1H. The minimum Gasteiger partial charge on any atom is -0.340 e. The molecule has 1 amide bonds. The first-order valence-corrected chi connectivity index (χ1v) is 7.05. The average molecular weight is 289 g/mol. The molecule has 1 aromatic heterocycles. The summed E-state index contributed by atoms with van der Waals surface area (Å²) in [5.41, 5.74) is 1.41. The number of fused-ring (bicyclic) bond motifs is 1. The second-order valence-electron chi connectivity index (χ2n) is 4.60. The van der Waals surface area contributed by atoms with E-state index in [1.54, 1.807) is 16.2 Å². The van der Waals surface area contributed by atoms with Crippen molar-refractivity contribution in [1.29, 1.82) is 0 Å². The molecule has 5 heteroatoms. The van der Waals surface area contributed by atoms with E-state index in [0.717, 1.165) is 30.8 Å². The SMILES string of the molecule is CNCCN(C)C(=O)c1cc2c(s1)CCCC2.Cl. The number of likely N-dealkylation sites (N-methyl/N-ethyl adjacent to an activating group) is 2. The maximum atomic E-state index is 12.2. The highest BCUT2D eigenvalue weighted by atomic mass is 35.5. The van der Waals surface area contributed by atoms with Crippen LogP contribution in [-0.2, 0) is 12.8 Å². The van der Waals surface area contributed by atoms with E-state index in [9.17, 15) is 4.79 Å². The molecule has 0 bridgehead atoms. The molecule has 102 valence electrons. The van der Waals surface area contributed by atoms with Crippen LogP contribution < -0.4 is 5.32 Å². The summed E-state index contributed by atoms with van der Waals surface area (Å²) in [5.74, 6) is 0.166. The summed E-state index contributed by atoms with van der Waals surface area (Å²) in [7, 11) is 3.78. The summed E-state index contributed by atoms with van der Waals surface area (Å²) >= 11 is 1.69. The highest BCUT2D eigenvalue weighted by molar-refractivity contribution is 7.14. The van der Waals surface area contributed by atoms with Crippen molar-refractivity contribution >= 4 is 29.7 Å². The summed E-state index contributed by atoms with van der Waals surface area (Å²) in [6.45, 7) is 1.60. The van der Waals surface area contributed by atoms with Crippen molar-refractivity contribution < 1.29 is 4.79 Å². The lowest BCUT2D eigenvalue weighted by atomic mass is 9.99. The molecule has 1 aliphatic rings. The van der Waals surface area contributed by atoms with Gasteiger partial charge < -0.3 is 10.2 Å². The molecular weight excluding hydrogens is 268 g/mol. The van der Waals surface area contributed by atoms with Crippen LogP contribution in [-0.4, -0.2) is 38.0 Å². The first-order valence-electron chi connectivity index (χ1n) is 6.24. The van der Waals surface area contributed by atoms with Gasteiger partial charge >= 0.3 is 0 Å². The Bertz CT molecular complexity index is 382. The van der Waals surface area contributed by atoms with Crippen LogP contribution in [0.15, 0.2) is 6.07 Å². The number of hydrogen-bond acceptors (Lipinski definition) is 3. The summed E-state index contributed by atoms with van der Waals surface area (Å²) in [4.78, 5) is 16.3. The van der Waals surface area contributed by atoms with Crippen LogP contribution in [0.5, 0.6) is 0 Å². The summed E-state index contributed by atoms with van der Waals surface area (Å²) in [5, 5.41) is 3.06. The Balaban J connectivity index is 0.00000162. The van der Waals surface area contributed by atoms with Crippen molar-refractivity contribution in [2.75, 3.05) is 27.2 Å². The van der Waals surface area contributed by atoms with Crippen LogP contribution >= 0.6 is 23.7 Å². The van der Waals surface area contributed by atoms with Gasteiger partial charge in [-0.25, -0.2) is 0 Å². The molecular formula is C13H21ClN2OS. The zero-order chi connectivity index (χ0) is 12.3. The van der Waals surface area contributed by atoms with Crippen molar-refractivity contribution in [3.63, 3.8) is 0 Å². The molecule has 3 nitrogen and oxygen atoms in total. The second-order valence-corrected chi connectivity index (χ2v) is 5.73. The summed E-state index contributed by atoms with van der Waals surface area (Å²) in [6, 6.07) is 2.11. The first kappa shape index (κ1) is 15.5. The van der Waals surface area contributed by atoms with Crippen molar-refractivity contribution in [2.45, 2.75) is 25.7 Å². The van der Waals surface area contributed by atoms with Crippen molar-refractivity contribution in [3.8, 4) is 0 Å². The Kier molecular flexibility index (Phi) is 6.12. The van der Waals surface area contributed by atoms with E-state index in [4.69, 9.17) is 0 Å². The van der Waals surface area contributed by atoms with Crippen LogP contribution in [0.4, 0.5) is 0 Å². The monoisotopic (exact) mass is 288 g/mol. The Hall–Kier alpha value is -0.580. The highest BCUT2D eigenvalue weighted by Gasteiger charge is 2.19. The maximum Gasteiger partial charge on any atom is 0.263 e. The number of hydrogen-bond donors (Lipinski definition) is 1. The second kappa shape index (κ2) is 7.12. The molecule has 1 aliphatic carbocycles. The van der Waals surface area contributed by atoms with E-state index >= 15 is 0 Å². The Morgan fingerprint density at radius 2 is 2.17 bits per heavy atom. The van der Waals surface area contributed by atoms with Gasteiger partial charge in [0.25, 0.3) is 5.91 Å². The van der Waals surface area contributed by atoms with E-state index in [1.807, 2.05) is 14.1 Å². The number of nitrogens with zero attached hydrogens (tertiary/aromatic N) is 1. The molecule has 1 aromatic rings. The average Bonchev–Trinajstić information content (AvgIpc) is 2.78. The van der Waals surface area contributed by atoms with Crippen LogP contribution in [0.25, 0.3) is 0 Å². The van der Waals surface area contributed by atoms with Gasteiger partial charge in [0.05, 0.1) is 4.88 Å². The first-order chi connectivity index (χ1) is 8.22. The molecule has 18 heavy (non-hydrogen) atoms. The smallest absolute Gasteiger partial charge is 0.263 e. The number of carbonyl (C=O) groups is 1. The molecule has 0 saturated carbocycles. The van der Waals surface area contributed by atoms with Gasteiger partial charge in [0.2, 0.25) is 0 Å². The minimum atomic E-state index is 0. The fourth-order valence-corrected chi connectivity index (χ4v) is 3.41. The van der Waals surface area contributed by atoms with Crippen LogP contribution in [0.2, 0.25) is 0 Å². The third-order valence-corrected chi connectivity index (χ3v) is 4.48. The van der Waals surface area contributed by atoms with Crippen molar-refractivity contribution in [1.82, 2.24) is 10.2 Å². The van der Waals surface area contributed by atoms with Crippen molar-refractivity contribution in [3.05, 3.63) is 21.4 Å². The number of amides is 1. The fourth-order valence-electron chi connectivity index (χ4n) is 2.17. The van der Waals surface area contributed by atoms with Gasteiger partial charge in [0.15, 0.2) is 0 Å². The molecule has 0 unspecified atom stereocenters.